The number of halogens is 1. The second-order valence-electron chi connectivity index (χ2n) is 5.83. The molecule has 0 bridgehead atoms. The molecule has 0 fully saturated rings. The highest BCUT2D eigenvalue weighted by Gasteiger charge is 2.14. The molecule has 3 rings (SSSR count). The zero-order chi connectivity index (χ0) is 20.1. The van der Waals surface area contributed by atoms with Crippen LogP contribution in [0.15, 0.2) is 70.8 Å². The Morgan fingerprint density at radius 3 is 2.39 bits per heavy atom. The second-order valence-corrected chi connectivity index (χ2v) is 7.97. The molecule has 0 aliphatic heterocycles. The van der Waals surface area contributed by atoms with E-state index in [-0.39, 0.29) is 5.70 Å². The Balaban J connectivity index is 1.75. The first-order valence-corrected chi connectivity index (χ1v) is 9.88. The Labute approximate surface area is 174 Å². The van der Waals surface area contributed by atoms with Crippen molar-refractivity contribution in [2.45, 2.75) is 6.92 Å². The molecule has 3 aromatic rings. The van der Waals surface area contributed by atoms with Gasteiger partial charge in [0.1, 0.15) is 17.2 Å². The fraction of sp³-hybridized carbons (Fsp3) is 0.0476. The molecule has 0 aliphatic rings. The summed E-state index contributed by atoms with van der Waals surface area (Å²) < 4.78 is 6.62. The first-order valence-electron chi connectivity index (χ1n) is 8.27. The van der Waals surface area contributed by atoms with Crippen LogP contribution in [0.2, 0.25) is 0 Å². The van der Waals surface area contributed by atoms with Crippen LogP contribution < -0.4 is 10.1 Å². The topological polar surface area (TPSA) is 75.6 Å². The van der Waals surface area contributed by atoms with Crippen molar-refractivity contribution in [3.8, 4) is 11.5 Å². The van der Waals surface area contributed by atoms with Crippen LogP contribution in [0.1, 0.15) is 20.1 Å². The van der Waals surface area contributed by atoms with Crippen LogP contribution in [0.5, 0.6) is 11.5 Å². The summed E-state index contributed by atoms with van der Waals surface area (Å²) in [5, 5.41) is 11.9. The van der Waals surface area contributed by atoms with Gasteiger partial charge in [-0.1, -0.05) is 24.3 Å². The van der Waals surface area contributed by atoms with E-state index in [2.05, 4.69) is 21.2 Å². The quantitative estimate of drug-likeness (QED) is 0.481. The maximum absolute atomic E-state index is 12.2. The van der Waals surface area contributed by atoms with Crippen molar-refractivity contribution in [3.63, 3.8) is 0 Å². The average molecular weight is 458 g/mol. The van der Waals surface area contributed by atoms with Crippen molar-refractivity contribution in [2.24, 2.45) is 0 Å². The molecule has 0 spiro atoms. The standard InChI is InChI=1S/C21H16BrNO4S/c1-13-6-11-19(28-13)20(24)23-17(21(25)26)12-14-7-9-15(10-8-14)27-18-5-3-2-4-16(18)22/h2-12H,1H3,(H,23,24)(H,25,26)/b17-12+. The SMILES string of the molecule is Cc1ccc(C(=O)N/C(=C/c2ccc(Oc3ccccc3Br)cc2)C(=O)O)s1. The Bertz CT molecular complexity index is 1040. The van der Waals surface area contributed by atoms with E-state index in [1.165, 1.54) is 17.4 Å². The molecule has 142 valence electrons. The van der Waals surface area contributed by atoms with Gasteiger partial charge in [0.15, 0.2) is 0 Å². The minimum Gasteiger partial charge on any atom is -0.477 e. The highest BCUT2D eigenvalue weighted by atomic mass is 79.9. The molecule has 0 saturated carbocycles. The summed E-state index contributed by atoms with van der Waals surface area (Å²) in [7, 11) is 0. The largest absolute Gasteiger partial charge is 0.477 e. The van der Waals surface area contributed by atoms with E-state index in [1.807, 2.05) is 37.3 Å². The molecular formula is C21H16BrNO4S. The van der Waals surface area contributed by atoms with Gasteiger partial charge in [-0.15, -0.1) is 11.3 Å². The number of aryl methyl sites for hydroxylation is 1. The van der Waals surface area contributed by atoms with Crippen LogP contribution in [0.3, 0.4) is 0 Å². The number of hydrogen-bond donors (Lipinski definition) is 2. The van der Waals surface area contributed by atoms with Crippen molar-refractivity contribution < 1.29 is 19.4 Å². The van der Waals surface area contributed by atoms with Crippen LogP contribution in [0.4, 0.5) is 0 Å². The Morgan fingerprint density at radius 1 is 1.07 bits per heavy atom. The smallest absolute Gasteiger partial charge is 0.352 e. The summed E-state index contributed by atoms with van der Waals surface area (Å²) in [6.07, 6.45) is 1.41. The number of thiophene rings is 1. The number of nitrogens with one attached hydrogen (secondary N) is 1. The van der Waals surface area contributed by atoms with Crippen LogP contribution in [0, 0.1) is 6.92 Å². The van der Waals surface area contributed by atoms with Gasteiger partial charge in [-0.05, 0) is 70.9 Å². The third-order valence-corrected chi connectivity index (χ3v) is 5.35. The highest BCUT2D eigenvalue weighted by molar-refractivity contribution is 9.10. The fourth-order valence-electron chi connectivity index (χ4n) is 2.34. The average Bonchev–Trinajstić information content (AvgIpc) is 3.11. The number of para-hydroxylation sites is 1. The summed E-state index contributed by atoms with van der Waals surface area (Å²) in [6.45, 7) is 1.88. The maximum Gasteiger partial charge on any atom is 0.352 e. The van der Waals surface area contributed by atoms with E-state index in [4.69, 9.17) is 4.74 Å². The molecule has 1 aromatic heterocycles. The Kier molecular flexibility index (Phi) is 6.28. The highest BCUT2D eigenvalue weighted by Crippen LogP contribution is 2.29. The maximum atomic E-state index is 12.2. The van der Waals surface area contributed by atoms with Crippen molar-refractivity contribution in [3.05, 3.63) is 86.2 Å². The van der Waals surface area contributed by atoms with Crippen molar-refractivity contribution in [1.29, 1.82) is 0 Å². The van der Waals surface area contributed by atoms with Crippen LogP contribution in [-0.4, -0.2) is 17.0 Å². The number of rotatable bonds is 6. The number of hydrogen-bond acceptors (Lipinski definition) is 4. The zero-order valence-electron chi connectivity index (χ0n) is 14.8. The molecule has 7 heteroatoms. The Morgan fingerprint density at radius 2 is 1.79 bits per heavy atom. The monoisotopic (exact) mass is 457 g/mol. The zero-order valence-corrected chi connectivity index (χ0v) is 17.2. The Hall–Kier alpha value is -2.90. The van der Waals surface area contributed by atoms with Crippen molar-refractivity contribution >= 4 is 45.2 Å². The van der Waals surface area contributed by atoms with Crippen LogP contribution in [-0.2, 0) is 4.79 Å². The lowest BCUT2D eigenvalue weighted by Gasteiger charge is -2.08. The van der Waals surface area contributed by atoms with Gasteiger partial charge < -0.3 is 15.2 Å². The molecular weight excluding hydrogens is 442 g/mol. The van der Waals surface area contributed by atoms with Gasteiger partial charge in [-0.2, -0.15) is 0 Å². The second kappa shape index (κ2) is 8.86. The van der Waals surface area contributed by atoms with Gasteiger partial charge in [-0.3, -0.25) is 4.79 Å². The number of carboxylic acids is 1. The summed E-state index contributed by atoms with van der Waals surface area (Å²) in [6, 6.07) is 17.9. The lowest BCUT2D eigenvalue weighted by atomic mass is 10.2. The van der Waals surface area contributed by atoms with Gasteiger partial charge in [-0.25, -0.2) is 4.79 Å². The number of carbonyl (C=O) groups excluding carboxylic acids is 1. The van der Waals surface area contributed by atoms with E-state index in [9.17, 15) is 14.7 Å². The number of amides is 1. The summed E-state index contributed by atoms with van der Waals surface area (Å²) in [5.74, 6) is -0.370. The third kappa shape index (κ3) is 5.09. The van der Waals surface area contributed by atoms with E-state index in [1.54, 1.807) is 30.3 Å². The first kappa shape index (κ1) is 19.9. The number of carboxylic acid groups (broad SMARTS) is 1. The van der Waals surface area contributed by atoms with E-state index >= 15 is 0 Å². The van der Waals surface area contributed by atoms with Crippen molar-refractivity contribution in [2.75, 3.05) is 0 Å². The minimum atomic E-state index is -1.21. The molecule has 2 N–H and O–H groups in total. The molecule has 1 amide bonds. The molecule has 2 aromatic carbocycles. The number of ether oxygens (including phenoxy) is 1. The molecule has 28 heavy (non-hydrogen) atoms. The molecule has 5 nitrogen and oxygen atoms in total. The summed E-state index contributed by atoms with van der Waals surface area (Å²) in [5.41, 5.74) is 0.426. The van der Waals surface area contributed by atoms with Gasteiger partial charge in [0.05, 0.1) is 9.35 Å². The lowest BCUT2D eigenvalue weighted by Crippen LogP contribution is -2.26. The molecule has 0 atom stereocenters. The van der Waals surface area contributed by atoms with Crippen LogP contribution in [0.25, 0.3) is 6.08 Å². The lowest BCUT2D eigenvalue weighted by molar-refractivity contribution is -0.132. The number of aliphatic carboxylic acids is 1. The molecule has 1 heterocycles. The molecule has 0 aliphatic carbocycles. The van der Waals surface area contributed by atoms with E-state index in [0.29, 0.717) is 21.9 Å². The summed E-state index contributed by atoms with van der Waals surface area (Å²) in [4.78, 5) is 25.2. The molecule has 0 unspecified atom stereocenters. The number of carbonyl (C=O) groups is 2. The van der Waals surface area contributed by atoms with Gasteiger partial charge in [0.2, 0.25) is 0 Å². The fourth-order valence-corrected chi connectivity index (χ4v) is 3.47. The van der Waals surface area contributed by atoms with Gasteiger partial charge >= 0.3 is 5.97 Å². The van der Waals surface area contributed by atoms with Crippen LogP contribution >= 0.6 is 27.3 Å². The van der Waals surface area contributed by atoms with E-state index < -0.39 is 11.9 Å². The minimum absolute atomic E-state index is 0.199. The third-order valence-electron chi connectivity index (χ3n) is 3.70. The summed E-state index contributed by atoms with van der Waals surface area (Å²) >= 11 is 4.73. The van der Waals surface area contributed by atoms with Crippen molar-refractivity contribution in [1.82, 2.24) is 5.32 Å². The number of benzene rings is 2. The normalized spacial score (nSPS) is 11.1. The van der Waals surface area contributed by atoms with Gasteiger partial charge in [0.25, 0.3) is 5.91 Å². The predicted molar refractivity (Wildman–Crippen MR) is 113 cm³/mol. The predicted octanol–water partition coefficient (Wildman–Crippen LogP) is 5.47. The van der Waals surface area contributed by atoms with Gasteiger partial charge in [0, 0.05) is 4.88 Å². The van der Waals surface area contributed by atoms with E-state index in [0.717, 1.165) is 9.35 Å². The molecule has 0 saturated heterocycles. The molecule has 0 radical (unpaired) electrons. The first-order chi connectivity index (χ1) is 13.4.